The van der Waals surface area contributed by atoms with Crippen LogP contribution in [0.25, 0.3) is 11.4 Å². The Labute approximate surface area is 180 Å². The average molecular weight is 447 g/mol. The first-order valence-electron chi connectivity index (χ1n) is 10.1. The summed E-state index contributed by atoms with van der Waals surface area (Å²) in [7, 11) is 1.78. The molecule has 0 spiro atoms. The number of nitrogens with zero attached hydrogens (tertiary/aromatic N) is 4. The number of ether oxygens (including phenoxy) is 2. The number of rotatable bonds is 3. The highest BCUT2D eigenvalue weighted by molar-refractivity contribution is 5.98. The van der Waals surface area contributed by atoms with E-state index in [0.29, 0.717) is 41.7 Å². The molecule has 0 radical (unpaired) electrons. The summed E-state index contributed by atoms with van der Waals surface area (Å²) in [6, 6.07) is 4.69. The number of carbonyl (C=O) groups excluding carboxylic acids is 1. The van der Waals surface area contributed by atoms with Crippen LogP contribution >= 0.6 is 0 Å². The molecule has 2 aliphatic rings. The zero-order chi connectivity index (χ0) is 22.5. The first-order valence-corrected chi connectivity index (χ1v) is 10.1. The number of benzene rings is 1. The van der Waals surface area contributed by atoms with Crippen LogP contribution in [-0.4, -0.2) is 44.5 Å². The van der Waals surface area contributed by atoms with Gasteiger partial charge in [0, 0.05) is 19.8 Å². The van der Waals surface area contributed by atoms with Crippen molar-refractivity contribution in [3.05, 3.63) is 53.1 Å². The van der Waals surface area contributed by atoms with Gasteiger partial charge in [-0.05, 0) is 36.2 Å². The van der Waals surface area contributed by atoms with E-state index in [1.54, 1.807) is 24.0 Å². The minimum Gasteiger partial charge on any atom is -0.491 e. The SMILES string of the molecule is Cn1ccc(-c2c(C(=O)N[C@H]3COc4ccc(C(F)(F)F)cc4C3)nc3n2CCOC3)n1. The summed E-state index contributed by atoms with van der Waals surface area (Å²) >= 11 is 0. The minimum atomic E-state index is -4.44. The van der Waals surface area contributed by atoms with Gasteiger partial charge in [-0.2, -0.15) is 18.3 Å². The van der Waals surface area contributed by atoms with Crippen molar-refractivity contribution in [3.63, 3.8) is 0 Å². The predicted molar refractivity (Wildman–Crippen MR) is 106 cm³/mol. The zero-order valence-corrected chi connectivity index (χ0v) is 17.1. The second-order valence-corrected chi connectivity index (χ2v) is 7.81. The summed E-state index contributed by atoms with van der Waals surface area (Å²) in [4.78, 5) is 17.7. The molecule has 0 fully saturated rings. The standard InChI is InChI=1S/C21H20F3N5O3/c1-28-5-4-15(27-28)19-18(26-17-11-31-7-6-29(17)19)20(30)25-14-9-12-8-13(21(22,23)24)2-3-16(12)32-10-14/h2-5,8,14H,6-7,9-11H2,1H3,(H,25,30)/t14-/m1/s1. The van der Waals surface area contributed by atoms with Crippen LogP contribution in [0.15, 0.2) is 30.5 Å². The van der Waals surface area contributed by atoms with Crippen LogP contribution in [0.1, 0.15) is 27.4 Å². The molecule has 0 saturated heterocycles. The smallest absolute Gasteiger partial charge is 0.416 e. The summed E-state index contributed by atoms with van der Waals surface area (Å²) in [6.45, 7) is 1.48. The fourth-order valence-corrected chi connectivity index (χ4v) is 4.05. The Morgan fingerprint density at radius 3 is 2.88 bits per heavy atom. The predicted octanol–water partition coefficient (Wildman–Crippen LogP) is 2.57. The van der Waals surface area contributed by atoms with Crippen molar-refractivity contribution in [1.29, 1.82) is 0 Å². The van der Waals surface area contributed by atoms with Crippen molar-refractivity contribution in [2.24, 2.45) is 7.05 Å². The third kappa shape index (κ3) is 3.72. The fourth-order valence-electron chi connectivity index (χ4n) is 4.05. The van der Waals surface area contributed by atoms with Crippen molar-refractivity contribution in [1.82, 2.24) is 24.6 Å². The van der Waals surface area contributed by atoms with Gasteiger partial charge in [0.05, 0.1) is 18.2 Å². The molecule has 3 aromatic rings. The van der Waals surface area contributed by atoms with Gasteiger partial charge in [0.15, 0.2) is 5.69 Å². The third-order valence-corrected chi connectivity index (χ3v) is 5.54. The number of fused-ring (bicyclic) bond motifs is 2. The lowest BCUT2D eigenvalue weighted by molar-refractivity contribution is -0.137. The van der Waals surface area contributed by atoms with Gasteiger partial charge < -0.3 is 19.4 Å². The average Bonchev–Trinajstić information content (AvgIpc) is 3.35. The number of halogens is 3. The molecule has 5 rings (SSSR count). The number of hydrogen-bond acceptors (Lipinski definition) is 5. The highest BCUT2D eigenvalue weighted by atomic mass is 19.4. The number of nitrogens with one attached hydrogen (secondary N) is 1. The molecule has 1 amide bonds. The monoisotopic (exact) mass is 447 g/mol. The summed E-state index contributed by atoms with van der Waals surface area (Å²) in [5.41, 5.74) is 1.07. The Hall–Kier alpha value is -3.34. The molecule has 168 valence electrons. The van der Waals surface area contributed by atoms with Crippen LogP contribution < -0.4 is 10.1 Å². The third-order valence-electron chi connectivity index (χ3n) is 5.54. The molecule has 0 aliphatic carbocycles. The molecule has 32 heavy (non-hydrogen) atoms. The van der Waals surface area contributed by atoms with E-state index in [4.69, 9.17) is 9.47 Å². The van der Waals surface area contributed by atoms with E-state index in [-0.39, 0.29) is 25.3 Å². The number of hydrogen-bond donors (Lipinski definition) is 1. The molecule has 0 bridgehead atoms. The lowest BCUT2D eigenvalue weighted by Crippen LogP contribution is -2.43. The lowest BCUT2D eigenvalue weighted by atomic mass is 10.00. The van der Waals surface area contributed by atoms with Gasteiger partial charge in [-0.25, -0.2) is 4.98 Å². The minimum absolute atomic E-state index is 0.152. The van der Waals surface area contributed by atoms with Gasteiger partial charge in [-0.15, -0.1) is 0 Å². The molecular weight excluding hydrogens is 427 g/mol. The van der Waals surface area contributed by atoms with Gasteiger partial charge >= 0.3 is 6.18 Å². The van der Waals surface area contributed by atoms with Gasteiger partial charge in [0.2, 0.25) is 0 Å². The Kier molecular flexibility index (Phi) is 4.92. The molecule has 0 saturated carbocycles. The normalized spacial score (nSPS) is 17.9. The van der Waals surface area contributed by atoms with Gasteiger partial charge in [-0.1, -0.05) is 0 Å². The maximum absolute atomic E-state index is 13.2. The van der Waals surface area contributed by atoms with E-state index >= 15 is 0 Å². The molecule has 11 heteroatoms. The quantitative estimate of drug-likeness (QED) is 0.668. The number of imidazole rings is 1. The zero-order valence-electron chi connectivity index (χ0n) is 17.1. The van der Waals surface area contributed by atoms with E-state index in [1.807, 2.05) is 4.57 Å². The van der Waals surface area contributed by atoms with E-state index in [9.17, 15) is 18.0 Å². The summed E-state index contributed by atoms with van der Waals surface area (Å²) in [6.07, 6.45) is -2.44. The number of aromatic nitrogens is 4. The lowest BCUT2D eigenvalue weighted by Gasteiger charge is -2.26. The largest absolute Gasteiger partial charge is 0.491 e. The molecule has 0 unspecified atom stereocenters. The van der Waals surface area contributed by atoms with Crippen molar-refractivity contribution >= 4 is 5.91 Å². The number of alkyl halides is 3. The summed E-state index contributed by atoms with van der Waals surface area (Å²) < 4.78 is 53.8. The molecule has 2 aromatic heterocycles. The second-order valence-electron chi connectivity index (χ2n) is 7.81. The Morgan fingerprint density at radius 1 is 1.28 bits per heavy atom. The van der Waals surface area contributed by atoms with Crippen LogP contribution in [0, 0.1) is 0 Å². The van der Waals surface area contributed by atoms with Gasteiger partial charge in [0.1, 0.15) is 36.2 Å². The van der Waals surface area contributed by atoms with Crippen LogP contribution in [0.3, 0.4) is 0 Å². The molecule has 4 heterocycles. The van der Waals surface area contributed by atoms with Crippen molar-refractivity contribution < 1.29 is 27.4 Å². The Morgan fingerprint density at radius 2 is 2.12 bits per heavy atom. The van der Waals surface area contributed by atoms with E-state index in [1.165, 1.54) is 6.07 Å². The molecule has 1 aromatic carbocycles. The maximum Gasteiger partial charge on any atom is 0.416 e. The van der Waals surface area contributed by atoms with E-state index < -0.39 is 23.7 Å². The molecule has 2 aliphatic heterocycles. The first kappa shape index (κ1) is 20.6. The molecule has 8 nitrogen and oxygen atoms in total. The topological polar surface area (TPSA) is 83.2 Å². The highest BCUT2D eigenvalue weighted by Gasteiger charge is 2.33. The molecular formula is C21H20F3N5O3. The van der Waals surface area contributed by atoms with Crippen molar-refractivity contribution in [3.8, 4) is 17.1 Å². The maximum atomic E-state index is 13.2. The molecule has 1 atom stereocenters. The van der Waals surface area contributed by atoms with Crippen LogP contribution in [0.5, 0.6) is 5.75 Å². The second kappa shape index (κ2) is 7.66. The number of amides is 1. The summed E-state index contributed by atoms with van der Waals surface area (Å²) in [5, 5.41) is 7.28. The van der Waals surface area contributed by atoms with Gasteiger partial charge in [0.25, 0.3) is 5.91 Å². The fraction of sp³-hybridized carbons (Fsp3) is 0.381. The Balaban J connectivity index is 1.41. The first-order chi connectivity index (χ1) is 15.3. The number of carbonyl (C=O) groups is 1. The van der Waals surface area contributed by atoms with E-state index in [2.05, 4.69) is 15.4 Å². The van der Waals surface area contributed by atoms with Crippen molar-refractivity contribution in [2.45, 2.75) is 31.8 Å². The van der Waals surface area contributed by atoms with Gasteiger partial charge in [-0.3, -0.25) is 9.48 Å². The van der Waals surface area contributed by atoms with Crippen molar-refractivity contribution in [2.75, 3.05) is 13.2 Å². The molecule has 1 N–H and O–H groups in total. The Bertz CT molecular complexity index is 1180. The van der Waals surface area contributed by atoms with Crippen LogP contribution in [0.2, 0.25) is 0 Å². The summed E-state index contributed by atoms with van der Waals surface area (Å²) in [5.74, 6) is 0.589. The highest BCUT2D eigenvalue weighted by Crippen LogP contribution is 2.34. The van der Waals surface area contributed by atoms with Crippen LogP contribution in [-0.2, 0) is 37.5 Å². The van der Waals surface area contributed by atoms with E-state index in [0.717, 1.165) is 12.1 Å². The van der Waals surface area contributed by atoms with Crippen LogP contribution in [0.4, 0.5) is 13.2 Å². The number of aryl methyl sites for hydroxylation is 1.